The summed E-state index contributed by atoms with van der Waals surface area (Å²) in [5.41, 5.74) is 0. The molecule has 0 aromatic heterocycles. The average molecular weight is 199 g/mol. The van der Waals surface area contributed by atoms with Crippen molar-refractivity contribution in [2.75, 3.05) is 6.61 Å². The van der Waals surface area contributed by atoms with E-state index < -0.39 is 6.10 Å². The molecule has 0 aliphatic carbocycles. The summed E-state index contributed by atoms with van der Waals surface area (Å²) in [6.45, 7) is 3.63. The van der Waals surface area contributed by atoms with Crippen LogP contribution in [-0.2, 0) is 0 Å². The van der Waals surface area contributed by atoms with Crippen LogP contribution in [0.5, 0.6) is 5.75 Å². The SMILES string of the molecule is C=CC(O)COc1cccc(Cl)c1. The number of hydrogen-bond acceptors (Lipinski definition) is 2. The Hall–Kier alpha value is -0.990. The van der Waals surface area contributed by atoms with Crippen LogP contribution < -0.4 is 4.74 Å². The third-order valence-corrected chi connectivity index (χ3v) is 1.72. The molecule has 0 saturated heterocycles. The molecule has 1 atom stereocenters. The predicted molar refractivity (Wildman–Crippen MR) is 53.2 cm³/mol. The maximum absolute atomic E-state index is 9.11. The summed E-state index contributed by atoms with van der Waals surface area (Å²) in [5.74, 6) is 0.647. The summed E-state index contributed by atoms with van der Waals surface area (Å²) in [6, 6.07) is 7.02. The Labute approximate surface area is 82.4 Å². The highest BCUT2D eigenvalue weighted by atomic mass is 35.5. The van der Waals surface area contributed by atoms with Crippen molar-refractivity contribution in [3.8, 4) is 5.75 Å². The number of aliphatic hydroxyl groups is 1. The zero-order chi connectivity index (χ0) is 9.68. The average Bonchev–Trinajstić information content (AvgIpc) is 2.14. The van der Waals surface area contributed by atoms with Crippen molar-refractivity contribution in [2.24, 2.45) is 0 Å². The van der Waals surface area contributed by atoms with Gasteiger partial charge in [0.05, 0.1) is 0 Å². The van der Waals surface area contributed by atoms with Crippen LogP contribution in [0.3, 0.4) is 0 Å². The van der Waals surface area contributed by atoms with Gasteiger partial charge in [0.25, 0.3) is 0 Å². The van der Waals surface area contributed by atoms with Crippen molar-refractivity contribution in [1.82, 2.24) is 0 Å². The lowest BCUT2D eigenvalue weighted by molar-refractivity contribution is 0.145. The van der Waals surface area contributed by atoms with Crippen molar-refractivity contribution >= 4 is 11.6 Å². The summed E-state index contributed by atoms with van der Waals surface area (Å²) in [7, 11) is 0. The Morgan fingerprint density at radius 2 is 2.38 bits per heavy atom. The van der Waals surface area contributed by atoms with E-state index in [-0.39, 0.29) is 6.61 Å². The number of benzene rings is 1. The smallest absolute Gasteiger partial charge is 0.120 e. The fraction of sp³-hybridized carbons (Fsp3) is 0.200. The molecule has 0 heterocycles. The molecule has 0 amide bonds. The van der Waals surface area contributed by atoms with E-state index >= 15 is 0 Å². The van der Waals surface area contributed by atoms with Crippen LogP contribution in [-0.4, -0.2) is 17.8 Å². The molecule has 1 aromatic carbocycles. The molecule has 0 spiro atoms. The molecular formula is C10H11ClO2. The fourth-order valence-electron chi connectivity index (χ4n) is 0.806. The van der Waals surface area contributed by atoms with Gasteiger partial charge in [-0.1, -0.05) is 23.7 Å². The molecule has 1 N–H and O–H groups in total. The van der Waals surface area contributed by atoms with Crippen molar-refractivity contribution < 1.29 is 9.84 Å². The lowest BCUT2D eigenvalue weighted by Crippen LogP contribution is -2.13. The molecule has 2 nitrogen and oxygen atoms in total. The highest BCUT2D eigenvalue weighted by Gasteiger charge is 1.99. The van der Waals surface area contributed by atoms with E-state index in [0.717, 1.165) is 0 Å². The summed E-state index contributed by atoms with van der Waals surface area (Å²) in [5, 5.41) is 9.73. The molecule has 13 heavy (non-hydrogen) atoms. The summed E-state index contributed by atoms with van der Waals surface area (Å²) < 4.78 is 5.23. The first-order chi connectivity index (χ1) is 6.22. The van der Waals surface area contributed by atoms with Crippen molar-refractivity contribution in [1.29, 1.82) is 0 Å². The third kappa shape index (κ3) is 3.49. The Kier molecular flexibility index (Phi) is 3.80. The monoisotopic (exact) mass is 198 g/mol. The maximum Gasteiger partial charge on any atom is 0.120 e. The predicted octanol–water partition coefficient (Wildman–Crippen LogP) is 2.27. The molecule has 0 fully saturated rings. The van der Waals surface area contributed by atoms with E-state index in [0.29, 0.717) is 10.8 Å². The second kappa shape index (κ2) is 4.90. The highest BCUT2D eigenvalue weighted by Crippen LogP contribution is 2.17. The molecule has 1 unspecified atom stereocenters. The lowest BCUT2D eigenvalue weighted by Gasteiger charge is -2.08. The molecule has 70 valence electrons. The van der Waals surface area contributed by atoms with Crippen molar-refractivity contribution in [3.05, 3.63) is 41.9 Å². The van der Waals surface area contributed by atoms with Gasteiger partial charge in [-0.05, 0) is 18.2 Å². The third-order valence-electron chi connectivity index (χ3n) is 1.49. The van der Waals surface area contributed by atoms with Gasteiger partial charge in [0, 0.05) is 5.02 Å². The number of hydrogen-bond donors (Lipinski definition) is 1. The number of aliphatic hydroxyl groups excluding tert-OH is 1. The largest absolute Gasteiger partial charge is 0.491 e. The van der Waals surface area contributed by atoms with Crippen LogP contribution in [0.1, 0.15) is 0 Å². The van der Waals surface area contributed by atoms with E-state index in [1.807, 2.05) is 0 Å². The molecule has 0 aliphatic rings. The van der Waals surface area contributed by atoms with E-state index in [1.54, 1.807) is 24.3 Å². The second-order valence-electron chi connectivity index (χ2n) is 2.57. The van der Waals surface area contributed by atoms with Gasteiger partial charge in [0.2, 0.25) is 0 Å². The van der Waals surface area contributed by atoms with Gasteiger partial charge < -0.3 is 9.84 Å². The standard InChI is InChI=1S/C10H11ClO2/c1-2-9(12)7-13-10-5-3-4-8(11)6-10/h2-6,9,12H,1,7H2. The first kappa shape index (κ1) is 10.1. The van der Waals surface area contributed by atoms with Gasteiger partial charge in [-0.2, -0.15) is 0 Å². The Morgan fingerprint density at radius 1 is 1.62 bits per heavy atom. The molecular weight excluding hydrogens is 188 g/mol. The number of ether oxygens (including phenoxy) is 1. The van der Waals surface area contributed by atoms with Gasteiger partial charge in [-0.3, -0.25) is 0 Å². The van der Waals surface area contributed by atoms with Crippen LogP contribution in [0.15, 0.2) is 36.9 Å². The molecule has 0 bridgehead atoms. The quantitative estimate of drug-likeness (QED) is 0.753. The van der Waals surface area contributed by atoms with Gasteiger partial charge >= 0.3 is 0 Å². The summed E-state index contributed by atoms with van der Waals surface area (Å²) >= 11 is 5.73. The van der Waals surface area contributed by atoms with Gasteiger partial charge in [0.1, 0.15) is 18.5 Å². The van der Waals surface area contributed by atoms with E-state index in [4.69, 9.17) is 21.4 Å². The van der Waals surface area contributed by atoms with Crippen molar-refractivity contribution in [2.45, 2.75) is 6.10 Å². The fourth-order valence-corrected chi connectivity index (χ4v) is 0.987. The summed E-state index contributed by atoms with van der Waals surface area (Å²) in [6.07, 6.45) is 0.781. The first-order valence-electron chi connectivity index (χ1n) is 3.91. The minimum absolute atomic E-state index is 0.198. The van der Waals surface area contributed by atoms with Crippen LogP contribution >= 0.6 is 11.6 Å². The normalized spacial score (nSPS) is 12.2. The zero-order valence-electron chi connectivity index (χ0n) is 7.11. The van der Waals surface area contributed by atoms with Crippen LogP contribution in [0.2, 0.25) is 5.02 Å². The van der Waals surface area contributed by atoms with E-state index in [2.05, 4.69) is 6.58 Å². The first-order valence-corrected chi connectivity index (χ1v) is 4.29. The molecule has 3 heteroatoms. The molecule has 0 radical (unpaired) electrons. The Morgan fingerprint density at radius 3 is 3.00 bits per heavy atom. The highest BCUT2D eigenvalue weighted by molar-refractivity contribution is 6.30. The number of rotatable bonds is 4. The van der Waals surface area contributed by atoms with E-state index in [9.17, 15) is 0 Å². The Bertz CT molecular complexity index is 286. The minimum atomic E-state index is -0.640. The number of halogens is 1. The Balaban J connectivity index is 2.49. The van der Waals surface area contributed by atoms with Crippen LogP contribution in [0.25, 0.3) is 0 Å². The lowest BCUT2D eigenvalue weighted by atomic mass is 10.3. The zero-order valence-corrected chi connectivity index (χ0v) is 7.87. The molecule has 0 aliphatic heterocycles. The topological polar surface area (TPSA) is 29.5 Å². The maximum atomic E-state index is 9.11. The van der Waals surface area contributed by atoms with Gasteiger partial charge in [-0.15, -0.1) is 6.58 Å². The van der Waals surface area contributed by atoms with Crippen LogP contribution in [0, 0.1) is 0 Å². The minimum Gasteiger partial charge on any atom is -0.491 e. The van der Waals surface area contributed by atoms with Crippen LogP contribution in [0.4, 0.5) is 0 Å². The van der Waals surface area contributed by atoms with Crippen molar-refractivity contribution in [3.63, 3.8) is 0 Å². The van der Waals surface area contributed by atoms with E-state index in [1.165, 1.54) is 6.08 Å². The second-order valence-corrected chi connectivity index (χ2v) is 3.01. The van der Waals surface area contributed by atoms with Gasteiger partial charge in [0.15, 0.2) is 0 Å². The van der Waals surface area contributed by atoms with Gasteiger partial charge in [-0.25, -0.2) is 0 Å². The summed E-state index contributed by atoms with van der Waals surface area (Å²) in [4.78, 5) is 0. The molecule has 1 rings (SSSR count). The molecule has 1 aromatic rings. The molecule has 0 saturated carbocycles.